The lowest BCUT2D eigenvalue weighted by atomic mass is 10.3. The third-order valence-corrected chi connectivity index (χ3v) is 3.39. The first kappa shape index (κ1) is 14.1. The minimum absolute atomic E-state index is 0.224. The van der Waals surface area contributed by atoms with Crippen LogP contribution in [0.5, 0.6) is 0 Å². The summed E-state index contributed by atoms with van der Waals surface area (Å²) >= 11 is 0. The van der Waals surface area contributed by atoms with Crippen molar-refractivity contribution in [2.45, 2.75) is 26.4 Å². The van der Waals surface area contributed by atoms with Crippen LogP contribution in [0.15, 0.2) is 18.5 Å². The van der Waals surface area contributed by atoms with Gasteiger partial charge >= 0.3 is 0 Å². The van der Waals surface area contributed by atoms with Gasteiger partial charge in [0.15, 0.2) is 0 Å². The SMILES string of the molecule is CCn1ccc(CNCCC(=O)N2CCOCC2)c1. The van der Waals surface area contributed by atoms with Gasteiger partial charge in [-0.25, -0.2) is 0 Å². The molecule has 2 heterocycles. The second kappa shape index (κ2) is 7.31. The zero-order valence-corrected chi connectivity index (χ0v) is 11.6. The third-order valence-electron chi connectivity index (χ3n) is 3.39. The number of amides is 1. The molecule has 1 aliphatic rings. The zero-order valence-electron chi connectivity index (χ0n) is 11.6. The Kier molecular flexibility index (Phi) is 5.42. The van der Waals surface area contributed by atoms with E-state index >= 15 is 0 Å². The molecule has 19 heavy (non-hydrogen) atoms. The molecule has 0 saturated carbocycles. The molecule has 1 saturated heterocycles. The number of aryl methyl sites for hydroxylation is 1. The van der Waals surface area contributed by atoms with E-state index in [0.717, 1.165) is 32.7 Å². The molecule has 0 atom stereocenters. The van der Waals surface area contributed by atoms with Crippen molar-refractivity contribution in [1.29, 1.82) is 0 Å². The molecule has 0 bridgehead atoms. The zero-order chi connectivity index (χ0) is 13.5. The Balaban J connectivity index is 1.62. The van der Waals surface area contributed by atoms with Crippen LogP contribution in [0.4, 0.5) is 0 Å². The van der Waals surface area contributed by atoms with Crippen LogP contribution >= 0.6 is 0 Å². The number of hydrogen-bond acceptors (Lipinski definition) is 3. The highest BCUT2D eigenvalue weighted by Crippen LogP contribution is 2.02. The van der Waals surface area contributed by atoms with Crippen LogP contribution < -0.4 is 5.32 Å². The summed E-state index contributed by atoms with van der Waals surface area (Å²) in [6.07, 6.45) is 4.78. The molecule has 1 fully saturated rings. The Morgan fingerprint density at radius 1 is 1.42 bits per heavy atom. The molecule has 106 valence electrons. The number of rotatable bonds is 6. The predicted molar refractivity (Wildman–Crippen MR) is 73.8 cm³/mol. The molecule has 0 aliphatic carbocycles. The van der Waals surface area contributed by atoms with Gasteiger partial charge in [-0.15, -0.1) is 0 Å². The Hall–Kier alpha value is -1.33. The quantitative estimate of drug-likeness (QED) is 0.776. The molecule has 5 nitrogen and oxygen atoms in total. The van der Waals surface area contributed by atoms with Gasteiger partial charge in [-0.2, -0.15) is 0 Å². The van der Waals surface area contributed by atoms with Gasteiger partial charge in [-0.3, -0.25) is 4.79 Å². The average Bonchev–Trinajstić information content (AvgIpc) is 2.92. The summed E-state index contributed by atoms with van der Waals surface area (Å²) in [6.45, 7) is 7.48. The van der Waals surface area contributed by atoms with Crippen molar-refractivity contribution in [1.82, 2.24) is 14.8 Å². The molecule has 0 spiro atoms. The Bertz CT molecular complexity index is 397. The Morgan fingerprint density at radius 3 is 2.89 bits per heavy atom. The van der Waals surface area contributed by atoms with Gasteiger partial charge in [0.05, 0.1) is 13.2 Å². The number of nitrogens with one attached hydrogen (secondary N) is 1. The lowest BCUT2D eigenvalue weighted by Gasteiger charge is -2.26. The van der Waals surface area contributed by atoms with E-state index in [2.05, 4.69) is 35.3 Å². The highest BCUT2D eigenvalue weighted by atomic mass is 16.5. The molecule has 2 rings (SSSR count). The van der Waals surface area contributed by atoms with Crippen LogP contribution in [0.1, 0.15) is 18.9 Å². The first-order valence-corrected chi connectivity index (χ1v) is 7.00. The molecule has 1 aliphatic heterocycles. The maximum Gasteiger partial charge on any atom is 0.224 e. The van der Waals surface area contributed by atoms with E-state index in [0.29, 0.717) is 19.6 Å². The summed E-state index contributed by atoms with van der Waals surface area (Å²) in [4.78, 5) is 13.8. The second-order valence-corrected chi connectivity index (χ2v) is 4.77. The topological polar surface area (TPSA) is 46.5 Å². The van der Waals surface area contributed by atoms with Crippen LogP contribution in [0.25, 0.3) is 0 Å². The average molecular weight is 265 g/mol. The van der Waals surface area contributed by atoms with Crippen molar-refractivity contribution in [2.75, 3.05) is 32.8 Å². The molecule has 0 radical (unpaired) electrons. The Morgan fingerprint density at radius 2 is 2.21 bits per heavy atom. The van der Waals surface area contributed by atoms with Crippen molar-refractivity contribution >= 4 is 5.91 Å². The summed E-state index contributed by atoms with van der Waals surface area (Å²) < 4.78 is 7.38. The first-order valence-electron chi connectivity index (χ1n) is 7.00. The van der Waals surface area contributed by atoms with Crippen LogP contribution in [-0.2, 0) is 22.6 Å². The lowest BCUT2D eigenvalue weighted by Crippen LogP contribution is -2.41. The molecule has 5 heteroatoms. The maximum absolute atomic E-state index is 11.9. The smallest absolute Gasteiger partial charge is 0.224 e. The molecular formula is C14H23N3O2. The number of carbonyl (C=O) groups excluding carboxylic acids is 1. The molecule has 0 unspecified atom stereocenters. The minimum Gasteiger partial charge on any atom is -0.378 e. The van der Waals surface area contributed by atoms with Crippen LogP contribution in [-0.4, -0.2) is 48.2 Å². The summed E-state index contributed by atoms with van der Waals surface area (Å²) in [6, 6.07) is 2.11. The van der Waals surface area contributed by atoms with Gasteiger partial charge in [-0.05, 0) is 18.6 Å². The van der Waals surface area contributed by atoms with E-state index in [1.807, 2.05) is 4.90 Å². The molecular weight excluding hydrogens is 242 g/mol. The number of aromatic nitrogens is 1. The van der Waals surface area contributed by atoms with Crippen molar-refractivity contribution in [3.8, 4) is 0 Å². The van der Waals surface area contributed by atoms with Crippen LogP contribution in [0.3, 0.4) is 0 Å². The predicted octanol–water partition coefficient (Wildman–Crippen LogP) is 0.847. The molecule has 1 aromatic rings. The fourth-order valence-corrected chi connectivity index (χ4v) is 2.19. The monoisotopic (exact) mass is 265 g/mol. The first-order chi connectivity index (χ1) is 9.29. The fourth-order valence-electron chi connectivity index (χ4n) is 2.19. The van der Waals surface area contributed by atoms with E-state index in [1.165, 1.54) is 5.56 Å². The van der Waals surface area contributed by atoms with Crippen molar-refractivity contribution < 1.29 is 9.53 Å². The Labute approximate surface area is 114 Å². The highest BCUT2D eigenvalue weighted by molar-refractivity contribution is 5.76. The molecule has 1 amide bonds. The molecule has 1 N–H and O–H groups in total. The van der Waals surface area contributed by atoms with E-state index in [-0.39, 0.29) is 5.91 Å². The van der Waals surface area contributed by atoms with Crippen molar-refractivity contribution in [2.24, 2.45) is 0 Å². The van der Waals surface area contributed by atoms with E-state index in [1.54, 1.807) is 0 Å². The summed E-state index contributed by atoms with van der Waals surface area (Å²) in [5, 5.41) is 3.32. The normalized spacial score (nSPS) is 15.7. The van der Waals surface area contributed by atoms with E-state index in [4.69, 9.17) is 4.74 Å². The van der Waals surface area contributed by atoms with Gasteiger partial charge in [0, 0.05) is 51.5 Å². The minimum atomic E-state index is 0.224. The molecule has 0 aromatic carbocycles. The van der Waals surface area contributed by atoms with Gasteiger partial charge in [0.1, 0.15) is 0 Å². The molecule has 1 aromatic heterocycles. The largest absolute Gasteiger partial charge is 0.378 e. The second-order valence-electron chi connectivity index (χ2n) is 4.77. The lowest BCUT2D eigenvalue weighted by molar-refractivity contribution is -0.135. The number of carbonyl (C=O) groups is 1. The number of hydrogen-bond donors (Lipinski definition) is 1. The van der Waals surface area contributed by atoms with Gasteiger partial charge in [-0.1, -0.05) is 0 Å². The van der Waals surface area contributed by atoms with Crippen molar-refractivity contribution in [3.63, 3.8) is 0 Å². The van der Waals surface area contributed by atoms with E-state index < -0.39 is 0 Å². The van der Waals surface area contributed by atoms with Gasteiger partial charge < -0.3 is 19.5 Å². The number of nitrogens with zero attached hydrogens (tertiary/aromatic N) is 2. The summed E-state index contributed by atoms with van der Waals surface area (Å²) in [5.74, 6) is 0.224. The van der Waals surface area contributed by atoms with Crippen LogP contribution in [0.2, 0.25) is 0 Å². The van der Waals surface area contributed by atoms with Crippen molar-refractivity contribution in [3.05, 3.63) is 24.0 Å². The highest BCUT2D eigenvalue weighted by Gasteiger charge is 2.15. The maximum atomic E-state index is 11.9. The third kappa shape index (κ3) is 4.36. The summed E-state index contributed by atoms with van der Waals surface area (Å²) in [5.41, 5.74) is 1.26. The standard InChI is InChI=1S/C14H23N3O2/c1-2-16-6-4-13(12-16)11-15-5-3-14(18)17-7-9-19-10-8-17/h4,6,12,15H,2-3,5,7-11H2,1H3. The summed E-state index contributed by atoms with van der Waals surface area (Å²) in [7, 11) is 0. The van der Waals surface area contributed by atoms with Gasteiger partial charge in [0.2, 0.25) is 5.91 Å². The van der Waals surface area contributed by atoms with Crippen LogP contribution in [0, 0.1) is 0 Å². The fraction of sp³-hybridized carbons (Fsp3) is 0.643. The van der Waals surface area contributed by atoms with E-state index in [9.17, 15) is 4.79 Å². The van der Waals surface area contributed by atoms with Gasteiger partial charge in [0.25, 0.3) is 0 Å². The number of ether oxygens (including phenoxy) is 1. The number of morpholine rings is 1.